The Morgan fingerprint density at radius 3 is 1.86 bits per heavy atom. The van der Waals surface area contributed by atoms with E-state index in [9.17, 15) is 8.42 Å². The van der Waals surface area contributed by atoms with Gasteiger partial charge in [-0.15, -0.1) is 0 Å². The monoisotopic (exact) mass is 308 g/mol. The molecule has 0 atom stereocenters. The quantitative estimate of drug-likeness (QED) is 0.813. The molecule has 2 aromatic rings. The Kier molecular flexibility index (Phi) is 4.73. The molecule has 2 rings (SSSR count). The first-order valence-corrected chi connectivity index (χ1v) is 8.10. The van der Waals surface area contributed by atoms with Gasteiger partial charge in [-0.2, -0.15) is 10.5 Å². The molecule has 5 heteroatoms. The van der Waals surface area contributed by atoms with Gasteiger partial charge in [0.05, 0.1) is 10.6 Å². The summed E-state index contributed by atoms with van der Waals surface area (Å²) >= 11 is 0. The van der Waals surface area contributed by atoms with Gasteiger partial charge in [-0.05, 0) is 17.7 Å². The molecule has 0 N–H and O–H groups in total. The summed E-state index contributed by atoms with van der Waals surface area (Å²) in [6, 6.07) is 20.2. The third kappa shape index (κ3) is 3.41. The fraction of sp³-hybridized carbons (Fsp3) is 0.0588. The van der Waals surface area contributed by atoms with Crippen LogP contribution in [0.4, 0.5) is 0 Å². The van der Waals surface area contributed by atoms with Crippen LogP contribution in [0.3, 0.4) is 0 Å². The molecule has 0 amide bonds. The normalized spacial score (nSPS) is 10.3. The van der Waals surface area contributed by atoms with E-state index in [0.29, 0.717) is 5.56 Å². The Morgan fingerprint density at radius 2 is 1.36 bits per heavy atom. The molecule has 0 saturated heterocycles. The molecule has 0 heterocycles. The molecule has 0 bridgehead atoms. The second-order valence-electron chi connectivity index (χ2n) is 4.52. The highest BCUT2D eigenvalue weighted by Gasteiger charge is 2.20. The van der Waals surface area contributed by atoms with Crippen LogP contribution in [0, 0.1) is 22.7 Å². The maximum absolute atomic E-state index is 12.5. The Balaban J connectivity index is 2.53. The SMILES string of the molecule is N#CC(C#N)=C(CS(=O)(=O)c1ccccc1)c1ccccc1. The van der Waals surface area contributed by atoms with Crippen LogP contribution in [-0.2, 0) is 9.84 Å². The lowest BCUT2D eigenvalue weighted by molar-refractivity contribution is 0.599. The van der Waals surface area contributed by atoms with E-state index in [4.69, 9.17) is 10.5 Å². The van der Waals surface area contributed by atoms with Gasteiger partial charge in [0.2, 0.25) is 0 Å². The van der Waals surface area contributed by atoms with E-state index in [-0.39, 0.29) is 16.0 Å². The second kappa shape index (κ2) is 6.71. The molecule has 0 aliphatic heterocycles. The van der Waals surface area contributed by atoms with Crippen LogP contribution >= 0.6 is 0 Å². The molecule has 0 aromatic heterocycles. The molecular weight excluding hydrogens is 296 g/mol. The number of nitriles is 2. The zero-order valence-electron chi connectivity index (χ0n) is 11.6. The van der Waals surface area contributed by atoms with Gasteiger partial charge in [0, 0.05) is 5.57 Å². The van der Waals surface area contributed by atoms with Crippen molar-refractivity contribution in [1.29, 1.82) is 10.5 Å². The Bertz CT molecular complexity index is 856. The van der Waals surface area contributed by atoms with E-state index in [2.05, 4.69) is 0 Å². The van der Waals surface area contributed by atoms with Crippen molar-refractivity contribution in [2.24, 2.45) is 0 Å². The van der Waals surface area contributed by atoms with E-state index in [1.54, 1.807) is 60.7 Å². The lowest BCUT2D eigenvalue weighted by Gasteiger charge is -2.09. The minimum Gasteiger partial charge on any atom is -0.223 e. The first-order chi connectivity index (χ1) is 10.6. The van der Waals surface area contributed by atoms with Crippen LogP contribution in [0.1, 0.15) is 5.56 Å². The number of benzene rings is 2. The lowest BCUT2D eigenvalue weighted by Crippen LogP contribution is -2.10. The van der Waals surface area contributed by atoms with Gasteiger partial charge < -0.3 is 0 Å². The van der Waals surface area contributed by atoms with E-state index in [1.165, 1.54) is 12.1 Å². The molecule has 0 saturated carbocycles. The summed E-state index contributed by atoms with van der Waals surface area (Å²) in [5.41, 5.74) is 0.584. The van der Waals surface area contributed by atoms with Gasteiger partial charge in [-0.1, -0.05) is 48.5 Å². The van der Waals surface area contributed by atoms with Crippen molar-refractivity contribution >= 4 is 15.4 Å². The maximum Gasteiger partial charge on any atom is 0.182 e. The highest BCUT2D eigenvalue weighted by Crippen LogP contribution is 2.23. The third-order valence-electron chi connectivity index (χ3n) is 3.08. The topological polar surface area (TPSA) is 81.7 Å². The Hall–Kier alpha value is -2.89. The van der Waals surface area contributed by atoms with E-state index in [1.807, 2.05) is 0 Å². The van der Waals surface area contributed by atoms with E-state index in [0.717, 1.165) is 0 Å². The smallest absolute Gasteiger partial charge is 0.182 e. The fourth-order valence-corrected chi connectivity index (χ4v) is 3.43. The number of nitrogens with zero attached hydrogens (tertiary/aromatic N) is 2. The number of hydrogen-bond donors (Lipinski definition) is 0. The molecule has 0 aliphatic carbocycles. The van der Waals surface area contributed by atoms with Gasteiger partial charge >= 0.3 is 0 Å². The van der Waals surface area contributed by atoms with Gasteiger partial charge in [0.15, 0.2) is 9.84 Å². The molecule has 0 fully saturated rings. The molecule has 0 aliphatic rings. The Morgan fingerprint density at radius 1 is 0.864 bits per heavy atom. The molecule has 108 valence electrons. The molecule has 0 spiro atoms. The third-order valence-corrected chi connectivity index (χ3v) is 4.74. The molecule has 0 unspecified atom stereocenters. The van der Waals surface area contributed by atoms with Crippen LogP contribution < -0.4 is 0 Å². The minimum atomic E-state index is -3.63. The average Bonchev–Trinajstić information content (AvgIpc) is 2.56. The van der Waals surface area contributed by atoms with Crippen LogP contribution in [-0.4, -0.2) is 14.2 Å². The van der Waals surface area contributed by atoms with Crippen molar-refractivity contribution in [1.82, 2.24) is 0 Å². The van der Waals surface area contributed by atoms with Gasteiger partial charge in [0.25, 0.3) is 0 Å². The number of sulfone groups is 1. The minimum absolute atomic E-state index is 0.165. The van der Waals surface area contributed by atoms with E-state index >= 15 is 0 Å². The van der Waals surface area contributed by atoms with Gasteiger partial charge in [-0.3, -0.25) is 0 Å². The average molecular weight is 308 g/mol. The predicted molar refractivity (Wildman–Crippen MR) is 83.1 cm³/mol. The van der Waals surface area contributed by atoms with Crippen LogP contribution in [0.2, 0.25) is 0 Å². The summed E-state index contributed by atoms with van der Waals surface area (Å²) < 4.78 is 25.0. The summed E-state index contributed by atoms with van der Waals surface area (Å²) in [7, 11) is -3.63. The first kappa shape index (κ1) is 15.5. The number of allylic oxidation sites excluding steroid dienone is 1. The summed E-state index contributed by atoms with van der Waals surface area (Å²) in [5, 5.41) is 18.2. The van der Waals surface area contributed by atoms with Gasteiger partial charge in [0.1, 0.15) is 17.7 Å². The molecular formula is C17H12N2O2S. The summed E-state index contributed by atoms with van der Waals surface area (Å²) in [5.74, 6) is -0.391. The highest BCUT2D eigenvalue weighted by molar-refractivity contribution is 7.91. The van der Waals surface area contributed by atoms with Crippen LogP contribution in [0.5, 0.6) is 0 Å². The predicted octanol–water partition coefficient (Wildman–Crippen LogP) is 2.96. The van der Waals surface area contributed by atoms with Crippen molar-refractivity contribution in [3.05, 3.63) is 71.8 Å². The number of rotatable bonds is 4. The lowest BCUT2D eigenvalue weighted by atomic mass is 10.0. The standard InChI is InChI=1S/C17H12N2O2S/c18-11-15(12-19)17(14-7-3-1-4-8-14)13-22(20,21)16-9-5-2-6-10-16/h1-10H,13H2. The Labute approximate surface area is 129 Å². The zero-order chi connectivity index (χ0) is 16.0. The summed E-state index contributed by atoms with van der Waals surface area (Å²) in [6.07, 6.45) is 0. The molecule has 2 aromatic carbocycles. The molecule has 22 heavy (non-hydrogen) atoms. The molecule has 4 nitrogen and oxygen atoms in total. The van der Waals surface area contributed by atoms with E-state index < -0.39 is 15.6 Å². The summed E-state index contributed by atoms with van der Waals surface area (Å²) in [4.78, 5) is 0.165. The van der Waals surface area contributed by atoms with Crippen molar-refractivity contribution in [2.45, 2.75) is 4.90 Å². The van der Waals surface area contributed by atoms with Crippen LogP contribution in [0.15, 0.2) is 71.1 Å². The summed E-state index contributed by atoms with van der Waals surface area (Å²) in [6.45, 7) is 0. The van der Waals surface area contributed by atoms with Crippen molar-refractivity contribution < 1.29 is 8.42 Å². The van der Waals surface area contributed by atoms with Gasteiger partial charge in [-0.25, -0.2) is 8.42 Å². The molecule has 0 radical (unpaired) electrons. The van der Waals surface area contributed by atoms with Crippen molar-refractivity contribution in [2.75, 3.05) is 5.75 Å². The zero-order valence-corrected chi connectivity index (χ0v) is 12.4. The van der Waals surface area contributed by atoms with Crippen molar-refractivity contribution in [3.63, 3.8) is 0 Å². The maximum atomic E-state index is 12.5. The van der Waals surface area contributed by atoms with Crippen LogP contribution in [0.25, 0.3) is 5.57 Å². The number of hydrogen-bond acceptors (Lipinski definition) is 4. The fourth-order valence-electron chi connectivity index (χ4n) is 2.00. The highest BCUT2D eigenvalue weighted by atomic mass is 32.2. The van der Waals surface area contributed by atoms with Crippen molar-refractivity contribution in [3.8, 4) is 12.1 Å². The first-order valence-electron chi connectivity index (χ1n) is 6.45. The second-order valence-corrected chi connectivity index (χ2v) is 6.50. The largest absolute Gasteiger partial charge is 0.223 e.